The molecule has 0 aliphatic carbocycles. The summed E-state index contributed by atoms with van der Waals surface area (Å²) in [5.74, 6) is 1.75. The van der Waals surface area contributed by atoms with E-state index in [2.05, 4.69) is 0 Å². The Hall–Kier alpha value is -2.27. The number of benzene rings is 1. The van der Waals surface area contributed by atoms with Gasteiger partial charge in [-0.2, -0.15) is 0 Å². The molecule has 0 unspecified atom stereocenters. The summed E-state index contributed by atoms with van der Waals surface area (Å²) >= 11 is 1.41. The van der Waals surface area contributed by atoms with Crippen LogP contribution in [0.3, 0.4) is 0 Å². The molecule has 1 heterocycles. The van der Waals surface area contributed by atoms with E-state index in [0.717, 1.165) is 0 Å². The highest BCUT2D eigenvalue weighted by Gasteiger charge is 2.11. The molecule has 0 aliphatic heterocycles. The van der Waals surface area contributed by atoms with Crippen molar-refractivity contribution in [3.05, 3.63) is 46.2 Å². The molecule has 0 aliphatic rings. The van der Waals surface area contributed by atoms with Gasteiger partial charge in [-0.1, -0.05) is 6.07 Å². The van der Waals surface area contributed by atoms with E-state index in [1.807, 2.05) is 11.4 Å². The van der Waals surface area contributed by atoms with Gasteiger partial charge < -0.3 is 14.2 Å². The van der Waals surface area contributed by atoms with E-state index in [0.29, 0.717) is 27.7 Å². The predicted molar refractivity (Wildman–Crippen MR) is 83.8 cm³/mol. The first-order valence-electron chi connectivity index (χ1n) is 6.25. The van der Waals surface area contributed by atoms with Crippen molar-refractivity contribution in [1.29, 1.82) is 0 Å². The summed E-state index contributed by atoms with van der Waals surface area (Å²) in [6, 6.07) is 7.13. The Morgan fingerprint density at radius 2 is 1.76 bits per heavy atom. The number of methoxy groups -OCH3 is 3. The molecule has 1 aromatic heterocycles. The first-order chi connectivity index (χ1) is 10.2. The number of thiophene rings is 1. The van der Waals surface area contributed by atoms with Crippen molar-refractivity contribution in [1.82, 2.24) is 0 Å². The number of allylic oxidation sites excluding steroid dienone is 1. The second kappa shape index (κ2) is 6.95. The van der Waals surface area contributed by atoms with Crippen LogP contribution in [0.15, 0.2) is 35.7 Å². The lowest BCUT2D eigenvalue weighted by Gasteiger charge is -2.12. The van der Waals surface area contributed by atoms with Crippen LogP contribution in [-0.2, 0) is 0 Å². The minimum absolute atomic E-state index is 0.0510. The molecule has 0 amide bonds. The second-order valence-electron chi connectivity index (χ2n) is 4.12. The van der Waals surface area contributed by atoms with Crippen LogP contribution >= 0.6 is 11.3 Å². The third-order valence-electron chi connectivity index (χ3n) is 2.92. The fourth-order valence-electron chi connectivity index (χ4n) is 1.86. The van der Waals surface area contributed by atoms with Crippen LogP contribution in [0.2, 0.25) is 0 Å². The maximum absolute atomic E-state index is 12.0. The van der Waals surface area contributed by atoms with Crippen LogP contribution in [0.5, 0.6) is 17.2 Å². The maximum Gasteiger partial charge on any atom is 0.195 e. The van der Waals surface area contributed by atoms with Crippen LogP contribution < -0.4 is 14.2 Å². The summed E-state index contributed by atoms with van der Waals surface area (Å²) in [5.41, 5.74) is 0.700. The zero-order valence-corrected chi connectivity index (χ0v) is 12.9. The normalized spacial score (nSPS) is 10.6. The van der Waals surface area contributed by atoms with Crippen molar-refractivity contribution in [2.45, 2.75) is 0 Å². The van der Waals surface area contributed by atoms with Gasteiger partial charge in [-0.3, -0.25) is 4.79 Å². The van der Waals surface area contributed by atoms with Gasteiger partial charge in [-0.25, -0.2) is 0 Å². The number of carbonyl (C=O) groups is 1. The van der Waals surface area contributed by atoms with E-state index >= 15 is 0 Å². The Labute approximate surface area is 127 Å². The zero-order chi connectivity index (χ0) is 15.2. The average molecular weight is 304 g/mol. The van der Waals surface area contributed by atoms with Gasteiger partial charge >= 0.3 is 0 Å². The zero-order valence-electron chi connectivity index (χ0n) is 12.1. The SMILES string of the molecule is COc1cc(OC)c(/C=C/C(=O)c2cccs2)c(OC)c1. The molecule has 0 atom stereocenters. The van der Waals surface area contributed by atoms with E-state index < -0.39 is 0 Å². The van der Waals surface area contributed by atoms with Crippen molar-refractivity contribution in [3.8, 4) is 17.2 Å². The number of ketones is 1. The number of hydrogen-bond donors (Lipinski definition) is 0. The van der Waals surface area contributed by atoms with Crippen LogP contribution in [0.25, 0.3) is 6.08 Å². The Bertz CT molecular complexity index is 619. The lowest BCUT2D eigenvalue weighted by Crippen LogP contribution is -1.96. The molecular weight excluding hydrogens is 288 g/mol. The van der Waals surface area contributed by atoms with Crippen molar-refractivity contribution in [3.63, 3.8) is 0 Å². The van der Waals surface area contributed by atoms with Gasteiger partial charge in [-0.05, 0) is 23.6 Å². The number of hydrogen-bond acceptors (Lipinski definition) is 5. The fourth-order valence-corrected chi connectivity index (χ4v) is 2.50. The average Bonchev–Trinajstić information content (AvgIpc) is 3.06. The summed E-state index contributed by atoms with van der Waals surface area (Å²) < 4.78 is 15.9. The quantitative estimate of drug-likeness (QED) is 0.603. The molecule has 0 saturated carbocycles. The van der Waals surface area contributed by atoms with Crippen molar-refractivity contribution >= 4 is 23.2 Å². The van der Waals surface area contributed by atoms with Gasteiger partial charge in [0.05, 0.1) is 31.8 Å². The Kier molecular flexibility index (Phi) is 5.00. The summed E-state index contributed by atoms with van der Waals surface area (Å²) in [4.78, 5) is 12.7. The smallest absolute Gasteiger partial charge is 0.195 e. The number of carbonyl (C=O) groups excluding carboxylic acids is 1. The Balaban J connectivity index is 2.36. The summed E-state index contributed by atoms with van der Waals surface area (Å²) in [5, 5.41) is 1.87. The highest BCUT2D eigenvalue weighted by atomic mass is 32.1. The van der Waals surface area contributed by atoms with E-state index in [9.17, 15) is 4.79 Å². The third-order valence-corrected chi connectivity index (χ3v) is 3.80. The Morgan fingerprint density at radius 1 is 1.10 bits per heavy atom. The van der Waals surface area contributed by atoms with Crippen molar-refractivity contribution in [2.75, 3.05) is 21.3 Å². The standard InChI is InChI=1S/C16H16O4S/c1-18-11-9-14(19-2)12(15(10-11)20-3)6-7-13(17)16-5-4-8-21-16/h4-10H,1-3H3/b7-6+. The highest BCUT2D eigenvalue weighted by Crippen LogP contribution is 2.35. The molecule has 5 heteroatoms. The molecule has 2 rings (SSSR count). The molecule has 0 N–H and O–H groups in total. The molecular formula is C16H16O4S. The van der Waals surface area contributed by atoms with Crippen molar-refractivity contribution < 1.29 is 19.0 Å². The van der Waals surface area contributed by atoms with Crippen molar-refractivity contribution in [2.24, 2.45) is 0 Å². The summed E-state index contributed by atoms with van der Waals surface area (Å²) in [6.07, 6.45) is 3.21. The molecule has 0 radical (unpaired) electrons. The van der Waals surface area contributed by atoms with Gasteiger partial charge in [0.15, 0.2) is 5.78 Å². The van der Waals surface area contributed by atoms with Gasteiger partial charge in [0, 0.05) is 12.1 Å². The topological polar surface area (TPSA) is 44.8 Å². The van der Waals surface area contributed by atoms with Crippen LogP contribution in [0.4, 0.5) is 0 Å². The molecule has 21 heavy (non-hydrogen) atoms. The summed E-state index contributed by atoms with van der Waals surface area (Å²) in [7, 11) is 4.70. The van der Waals surface area contributed by atoms with E-state index in [4.69, 9.17) is 14.2 Å². The third kappa shape index (κ3) is 3.44. The molecule has 0 fully saturated rings. The highest BCUT2D eigenvalue weighted by molar-refractivity contribution is 7.12. The molecule has 4 nitrogen and oxygen atoms in total. The van der Waals surface area contributed by atoms with E-state index in [1.165, 1.54) is 17.4 Å². The minimum atomic E-state index is -0.0510. The summed E-state index contributed by atoms with van der Waals surface area (Å²) in [6.45, 7) is 0. The monoisotopic (exact) mass is 304 g/mol. The first-order valence-corrected chi connectivity index (χ1v) is 7.13. The minimum Gasteiger partial charge on any atom is -0.496 e. The fraction of sp³-hybridized carbons (Fsp3) is 0.188. The Morgan fingerprint density at radius 3 is 2.24 bits per heavy atom. The molecule has 0 spiro atoms. The molecule has 110 valence electrons. The lowest BCUT2D eigenvalue weighted by molar-refractivity contribution is 0.105. The molecule has 1 aromatic carbocycles. The first kappa shape index (κ1) is 15.1. The van der Waals surface area contributed by atoms with E-state index in [-0.39, 0.29) is 5.78 Å². The lowest BCUT2D eigenvalue weighted by atomic mass is 10.1. The molecule has 0 saturated heterocycles. The molecule has 0 bridgehead atoms. The number of rotatable bonds is 6. The van der Waals surface area contributed by atoms with Gasteiger partial charge in [-0.15, -0.1) is 11.3 Å². The maximum atomic E-state index is 12.0. The van der Waals surface area contributed by atoms with Crippen LogP contribution in [0.1, 0.15) is 15.2 Å². The predicted octanol–water partition coefficient (Wildman–Crippen LogP) is 3.67. The second-order valence-corrected chi connectivity index (χ2v) is 5.07. The van der Waals surface area contributed by atoms with Crippen LogP contribution in [0, 0.1) is 0 Å². The van der Waals surface area contributed by atoms with E-state index in [1.54, 1.807) is 45.6 Å². The molecule has 2 aromatic rings. The van der Waals surface area contributed by atoms with Gasteiger partial charge in [0.1, 0.15) is 17.2 Å². The number of ether oxygens (including phenoxy) is 3. The van der Waals surface area contributed by atoms with Gasteiger partial charge in [0.25, 0.3) is 0 Å². The van der Waals surface area contributed by atoms with Crippen LogP contribution in [-0.4, -0.2) is 27.1 Å². The largest absolute Gasteiger partial charge is 0.496 e. The van der Waals surface area contributed by atoms with Gasteiger partial charge in [0.2, 0.25) is 0 Å².